The van der Waals surface area contributed by atoms with Gasteiger partial charge in [-0.3, -0.25) is 9.79 Å². The SMILES string of the molecule is C=C(N=C1C(=NC)NC(=O)CN1Cc1cccc(OC)c1)c1ccc(O)cc1. The molecule has 1 fully saturated rings. The Morgan fingerprint density at radius 2 is 2.04 bits per heavy atom. The van der Waals surface area contributed by atoms with Crippen LogP contribution >= 0.6 is 0 Å². The number of hydrogen-bond acceptors (Lipinski definition) is 5. The average molecular weight is 378 g/mol. The zero-order valence-corrected chi connectivity index (χ0v) is 15.8. The molecule has 1 aliphatic rings. The van der Waals surface area contributed by atoms with E-state index in [1.54, 1.807) is 38.4 Å². The predicted octanol–water partition coefficient (Wildman–Crippen LogP) is 2.43. The van der Waals surface area contributed by atoms with E-state index in [0.29, 0.717) is 23.9 Å². The molecule has 2 aromatic carbocycles. The van der Waals surface area contributed by atoms with Crippen molar-refractivity contribution in [3.8, 4) is 11.5 Å². The molecule has 144 valence electrons. The van der Waals surface area contributed by atoms with Crippen LogP contribution in [0, 0.1) is 0 Å². The molecule has 3 rings (SSSR count). The number of amides is 1. The minimum absolute atomic E-state index is 0.151. The fraction of sp³-hybridized carbons (Fsp3) is 0.190. The number of phenolic OH excluding ortho intramolecular Hbond substituents is 1. The van der Waals surface area contributed by atoms with Gasteiger partial charge in [0.1, 0.15) is 11.5 Å². The molecule has 28 heavy (non-hydrogen) atoms. The van der Waals surface area contributed by atoms with Crippen LogP contribution in [0.1, 0.15) is 11.1 Å². The van der Waals surface area contributed by atoms with Crippen molar-refractivity contribution in [3.63, 3.8) is 0 Å². The minimum Gasteiger partial charge on any atom is -0.508 e. The Labute approximate surface area is 163 Å². The van der Waals surface area contributed by atoms with Gasteiger partial charge in [-0.1, -0.05) is 18.7 Å². The second-order valence-electron chi connectivity index (χ2n) is 6.26. The lowest BCUT2D eigenvalue weighted by atomic mass is 10.1. The van der Waals surface area contributed by atoms with Gasteiger partial charge < -0.3 is 20.1 Å². The van der Waals surface area contributed by atoms with Crippen LogP contribution in [0.25, 0.3) is 5.70 Å². The molecule has 1 amide bonds. The Hall–Kier alpha value is -3.61. The Bertz CT molecular complexity index is 948. The summed E-state index contributed by atoms with van der Waals surface area (Å²) < 4.78 is 5.28. The lowest BCUT2D eigenvalue weighted by Crippen LogP contribution is -2.55. The van der Waals surface area contributed by atoms with E-state index in [9.17, 15) is 9.90 Å². The first kappa shape index (κ1) is 19.2. The molecule has 7 heteroatoms. The lowest BCUT2D eigenvalue weighted by Gasteiger charge is -2.31. The number of benzene rings is 2. The van der Waals surface area contributed by atoms with E-state index in [1.807, 2.05) is 29.2 Å². The monoisotopic (exact) mass is 378 g/mol. The number of piperazine rings is 1. The molecular weight excluding hydrogens is 356 g/mol. The number of rotatable bonds is 5. The summed E-state index contributed by atoms with van der Waals surface area (Å²) in [5.74, 6) is 1.68. The topological polar surface area (TPSA) is 86.5 Å². The number of carbonyl (C=O) groups excluding carboxylic acids is 1. The fourth-order valence-electron chi connectivity index (χ4n) is 2.87. The van der Waals surface area contributed by atoms with Crippen molar-refractivity contribution in [2.24, 2.45) is 9.98 Å². The van der Waals surface area contributed by atoms with Crippen molar-refractivity contribution >= 4 is 23.3 Å². The maximum Gasteiger partial charge on any atom is 0.245 e. The molecule has 2 aromatic rings. The molecule has 0 spiro atoms. The predicted molar refractivity (Wildman–Crippen MR) is 109 cm³/mol. The third kappa shape index (κ3) is 4.37. The third-order valence-corrected chi connectivity index (χ3v) is 4.28. The molecule has 1 saturated heterocycles. The van der Waals surface area contributed by atoms with Gasteiger partial charge in [0.2, 0.25) is 5.91 Å². The van der Waals surface area contributed by atoms with Crippen molar-refractivity contribution in [2.45, 2.75) is 6.54 Å². The molecule has 0 saturated carbocycles. The molecule has 1 heterocycles. The van der Waals surface area contributed by atoms with Crippen LogP contribution in [-0.2, 0) is 11.3 Å². The number of methoxy groups -OCH3 is 1. The molecule has 0 aliphatic carbocycles. The molecule has 0 unspecified atom stereocenters. The van der Waals surface area contributed by atoms with Crippen LogP contribution in [0.4, 0.5) is 0 Å². The number of aromatic hydroxyl groups is 1. The third-order valence-electron chi connectivity index (χ3n) is 4.28. The van der Waals surface area contributed by atoms with Crippen molar-refractivity contribution in [1.82, 2.24) is 10.2 Å². The van der Waals surface area contributed by atoms with Gasteiger partial charge in [0.15, 0.2) is 11.7 Å². The summed E-state index contributed by atoms with van der Waals surface area (Å²) in [6.07, 6.45) is 0. The van der Waals surface area contributed by atoms with Crippen LogP contribution in [-0.4, -0.2) is 48.3 Å². The van der Waals surface area contributed by atoms with Crippen LogP contribution in [0.5, 0.6) is 11.5 Å². The van der Waals surface area contributed by atoms with E-state index in [0.717, 1.165) is 16.9 Å². The first-order valence-corrected chi connectivity index (χ1v) is 8.72. The summed E-state index contributed by atoms with van der Waals surface area (Å²) >= 11 is 0. The van der Waals surface area contributed by atoms with E-state index in [1.165, 1.54) is 0 Å². The number of hydrogen-bond donors (Lipinski definition) is 2. The zero-order valence-electron chi connectivity index (χ0n) is 15.8. The van der Waals surface area contributed by atoms with Crippen LogP contribution in [0.3, 0.4) is 0 Å². The van der Waals surface area contributed by atoms with E-state index in [2.05, 4.69) is 21.9 Å². The van der Waals surface area contributed by atoms with Gasteiger partial charge in [0.25, 0.3) is 0 Å². The summed E-state index contributed by atoms with van der Waals surface area (Å²) in [6.45, 7) is 4.64. The van der Waals surface area contributed by atoms with Gasteiger partial charge in [-0.25, -0.2) is 4.99 Å². The smallest absolute Gasteiger partial charge is 0.245 e. The zero-order chi connectivity index (χ0) is 20.1. The molecule has 2 N–H and O–H groups in total. The van der Waals surface area contributed by atoms with Crippen molar-refractivity contribution in [2.75, 3.05) is 20.7 Å². The number of ether oxygens (including phenoxy) is 1. The highest BCUT2D eigenvalue weighted by atomic mass is 16.5. The largest absolute Gasteiger partial charge is 0.508 e. The standard InChI is InChI=1S/C21H22N4O3/c1-14(16-7-9-17(26)10-8-16)23-21-20(22-2)24-19(27)13-25(21)12-15-5-4-6-18(11-15)28-3/h4-11,26H,1,12-13H2,2-3H3,(H,22,24,27). The summed E-state index contributed by atoms with van der Waals surface area (Å²) in [6, 6.07) is 14.3. The Morgan fingerprint density at radius 3 is 2.71 bits per heavy atom. The maximum atomic E-state index is 12.1. The van der Waals surface area contributed by atoms with Crippen LogP contribution < -0.4 is 10.1 Å². The van der Waals surface area contributed by atoms with Gasteiger partial charge in [-0.05, 0) is 47.5 Å². The van der Waals surface area contributed by atoms with Gasteiger partial charge in [-0.2, -0.15) is 0 Å². The molecule has 0 radical (unpaired) electrons. The summed E-state index contributed by atoms with van der Waals surface area (Å²) in [7, 11) is 3.22. The summed E-state index contributed by atoms with van der Waals surface area (Å²) in [5.41, 5.74) is 2.24. The fourth-order valence-corrected chi connectivity index (χ4v) is 2.87. The molecular formula is C21H22N4O3. The number of nitrogens with one attached hydrogen (secondary N) is 1. The molecule has 1 aliphatic heterocycles. The molecule has 0 bridgehead atoms. The number of nitrogens with zero attached hydrogens (tertiary/aromatic N) is 3. The van der Waals surface area contributed by atoms with E-state index in [4.69, 9.17) is 4.74 Å². The minimum atomic E-state index is -0.155. The first-order valence-electron chi connectivity index (χ1n) is 8.72. The van der Waals surface area contributed by atoms with Crippen molar-refractivity contribution in [1.29, 1.82) is 0 Å². The highest BCUT2D eigenvalue weighted by molar-refractivity contribution is 6.45. The number of aliphatic imine (C=N–C) groups is 2. The van der Waals surface area contributed by atoms with Gasteiger partial charge >= 0.3 is 0 Å². The number of carbonyl (C=O) groups is 1. The Balaban J connectivity index is 1.93. The maximum absolute atomic E-state index is 12.1. The number of amidine groups is 2. The van der Waals surface area contributed by atoms with E-state index >= 15 is 0 Å². The first-order chi connectivity index (χ1) is 13.5. The molecule has 0 atom stereocenters. The quantitative estimate of drug-likeness (QED) is 0.837. The van der Waals surface area contributed by atoms with E-state index < -0.39 is 0 Å². The second kappa shape index (κ2) is 8.39. The molecule has 0 aromatic heterocycles. The van der Waals surface area contributed by atoms with Crippen molar-refractivity contribution < 1.29 is 14.6 Å². The van der Waals surface area contributed by atoms with Gasteiger partial charge in [-0.15, -0.1) is 0 Å². The summed E-state index contributed by atoms with van der Waals surface area (Å²) in [5, 5.41) is 12.2. The van der Waals surface area contributed by atoms with E-state index in [-0.39, 0.29) is 18.2 Å². The highest BCUT2D eigenvalue weighted by Crippen LogP contribution is 2.20. The summed E-state index contributed by atoms with van der Waals surface area (Å²) in [4.78, 5) is 22.8. The van der Waals surface area contributed by atoms with Crippen LogP contribution in [0.2, 0.25) is 0 Å². The van der Waals surface area contributed by atoms with Crippen molar-refractivity contribution in [3.05, 3.63) is 66.2 Å². The highest BCUT2D eigenvalue weighted by Gasteiger charge is 2.27. The van der Waals surface area contributed by atoms with Gasteiger partial charge in [0.05, 0.1) is 19.4 Å². The second-order valence-corrected chi connectivity index (χ2v) is 6.26. The number of phenols is 1. The normalized spacial score (nSPS) is 16.9. The lowest BCUT2D eigenvalue weighted by molar-refractivity contribution is -0.120. The Kier molecular flexibility index (Phi) is 5.74. The molecule has 7 nitrogen and oxygen atoms in total. The van der Waals surface area contributed by atoms with Gasteiger partial charge in [0, 0.05) is 13.6 Å². The van der Waals surface area contributed by atoms with Crippen LogP contribution in [0.15, 0.2) is 65.1 Å². The average Bonchev–Trinajstić information content (AvgIpc) is 2.70. The Morgan fingerprint density at radius 1 is 1.29 bits per heavy atom.